The summed E-state index contributed by atoms with van der Waals surface area (Å²) < 4.78 is 6.97. The summed E-state index contributed by atoms with van der Waals surface area (Å²) >= 11 is 0. The second kappa shape index (κ2) is 4.08. The smallest absolute Gasteiger partial charge is 0.238 e. The van der Waals surface area contributed by atoms with E-state index in [4.69, 9.17) is 4.42 Å². The molecule has 17 heavy (non-hydrogen) atoms. The summed E-state index contributed by atoms with van der Waals surface area (Å²) in [7, 11) is 0. The van der Waals surface area contributed by atoms with E-state index in [2.05, 4.69) is 20.5 Å². The molecular formula is C10H13N5O2. The van der Waals surface area contributed by atoms with Crippen molar-refractivity contribution < 1.29 is 9.21 Å². The van der Waals surface area contributed by atoms with Crippen LogP contribution in [0.15, 0.2) is 10.6 Å². The van der Waals surface area contributed by atoms with E-state index in [0.717, 1.165) is 0 Å². The second-order valence-corrected chi connectivity index (χ2v) is 4.71. The fourth-order valence-electron chi connectivity index (χ4n) is 1.20. The Kier molecular flexibility index (Phi) is 2.74. The Balaban J connectivity index is 2.14. The largest absolute Gasteiger partial charge is 0.423 e. The van der Waals surface area contributed by atoms with Gasteiger partial charge in [-0.15, -0.1) is 15.3 Å². The highest BCUT2D eigenvalue weighted by Crippen LogP contribution is 2.20. The van der Waals surface area contributed by atoms with Crippen LogP contribution in [0.1, 0.15) is 43.0 Å². The van der Waals surface area contributed by atoms with Gasteiger partial charge >= 0.3 is 0 Å². The molecule has 0 aliphatic heterocycles. The number of aromatic nitrogens is 5. The van der Waals surface area contributed by atoms with Crippen LogP contribution < -0.4 is 0 Å². The standard InChI is InChI=1S/C10H13N5O2/c1-10(2,3)9-13-12-8(17-9)5-15-4-7(6-16)11-14-15/h4,6H,5H2,1-3H3. The van der Waals surface area contributed by atoms with Crippen molar-refractivity contribution in [2.24, 2.45) is 0 Å². The Bertz CT molecular complexity index is 523. The summed E-state index contributed by atoms with van der Waals surface area (Å²) in [6.07, 6.45) is 2.16. The van der Waals surface area contributed by atoms with E-state index in [-0.39, 0.29) is 11.1 Å². The van der Waals surface area contributed by atoms with Crippen molar-refractivity contribution in [1.29, 1.82) is 0 Å². The highest BCUT2D eigenvalue weighted by molar-refractivity contribution is 5.70. The molecule has 7 nitrogen and oxygen atoms in total. The SMILES string of the molecule is CC(C)(C)c1nnc(Cn2cc(C=O)nn2)o1. The Labute approximate surface area is 97.8 Å². The maximum Gasteiger partial charge on any atom is 0.238 e. The maximum atomic E-state index is 10.4. The summed E-state index contributed by atoms with van der Waals surface area (Å²) in [5.41, 5.74) is 0.0993. The van der Waals surface area contributed by atoms with E-state index in [1.807, 2.05) is 20.8 Å². The molecule has 90 valence electrons. The zero-order valence-corrected chi connectivity index (χ0v) is 9.91. The number of hydrogen-bond donors (Lipinski definition) is 0. The van der Waals surface area contributed by atoms with E-state index < -0.39 is 0 Å². The predicted octanol–water partition coefficient (Wildman–Crippen LogP) is 0.819. The zero-order valence-electron chi connectivity index (χ0n) is 9.91. The topological polar surface area (TPSA) is 86.7 Å². The molecule has 0 atom stereocenters. The molecule has 2 rings (SSSR count). The first-order valence-electron chi connectivity index (χ1n) is 5.17. The fraction of sp³-hybridized carbons (Fsp3) is 0.500. The Hall–Kier alpha value is -2.05. The van der Waals surface area contributed by atoms with Gasteiger partial charge in [-0.1, -0.05) is 26.0 Å². The lowest BCUT2D eigenvalue weighted by Crippen LogP contribution is -2.11. The van der Waals surface area contributed by atoms with Gasteiger partial charge in [0, 0.05) is 5.41 Å². The first-order valence-corrected chi connectivity index (χ1v) is 5.17. The third-order valence-electron chi connectivity index (χ3n) is 2.08. The lowest BCUT2D eigenvalue weighted by Gasteiger charge is -2.10. The van der Waals surface area contributed by atoms with Crippen molar-refractivity contribution in [3.05, 3.63) is 23.7 Å². The number of carbonyl (C=O) groups is 1. The number of aldehydes is 1. The molecule has 0 amide bonds. The van der Waals surface area contributed by atoms with Crippen LogP contribution in [0.5, 0.6) is 0 Å². The summed E-state index contributed by atoms with van der Waals surface area (Å²) in [4.78, 5) is 10.4. The number of rotatable bonds is 3. The third-order valence-corrected chi connectivity index (χ3v) is 2.08. The normalized spacial score (nSPS) is 11.7. The average molecular weight is 235 g/mol. The molecule has 0 unspecified atom stereocenters. The van der Waals surface area contributed by atoms with Crippen LogP contribution in [0, 0.1) is 0 Å². The van der Waals surface area contributed by atoms with Gasteiger partial charge in [-0.05, 0) is 0 Å². The van der Waals surface area contributed by atoms with Gasteiger partial charge in [-0.3, -0.25) is 4.79 Å². The molecule has 0 N–H and O–H groups in total. The molecular weight excluding hydrogens is 222 g/mol. The number of nitrogens with zero attached hydrogens (tertiary/aromatic N) is 5. The van der Waals surface area contributed by atoms with Gasteiger partial charge in [0.15, 0.2) is 6.29 Å². The summed E-state index contributed by atoms with van der Waals surface area (Å²) in [6, 6.07) is 0. The Morgan fingerprint density at radius 3 is 2.65 bits per heavy atom. The molecule has 2 heterocycles. The minimum absolute atomic E-state index is 0.179. The molecule has 0 saturated heterocycles. The Morgan fingerprint density at radius 2 is 2.12 bits per heavy atom. The molecule has 0 fully saturated rings. The van der Waals surface area contributed by atoms with Crippen LogP contribution in [-0.2, 0) is 12.0 Å². The monoisotopic (exact) mass is 235 g/mol. The molecule has 0 aliphatic rings. The van der Waals surface area contributed by atoms with Gasteiger partial charge in [0.05, 0.1) is 6.20 Å². The second-order valence-electron chi connectivity index (χ2n) is 4.71. The number of carbonyl (C=O) groups excluding carboxylic acids is 1. The minimum Gasteiger partial charge on any atom is -0.423 e. The van der Waals surface area contributed by atoms with Crippen molar-refractivity contribution in [3.8, 4) is 0 Å². The summed E-state index contributed by atoms with van der Waals surface area (Å²) in [5.74, 6) is 1.01. The quantitative estimate of drug-likeness (QED) is 0.732. The molecule has 2 aromatic rings. The minimum atomic E-state index is -0.179. The van der Waals surface area contributed by atoms with Crippen molar-refractivity contribution in [1.82, 2.24) is 25.2 Å². The molecule has 0 aliphatic carbocycles. The zero-order chi connectivity index (χ0) is 12.5. The van der Waals surface area contributed by atoms with Gasteiger partial charge in [0.25, 0.3) is 0 Å². The van der Waals surface area contributed by atoms with Crippen LogP contribution in [-0.4, -0.2) is 31.5 Å². The Morgan fingerprint density at radius 1 is 1.35 bits per heavy atom. The molecule has 0 radical (unpaired) electrons. The van der Waals surface area contributed by atoms with E-state index in [1.54, 1.807) is 0 Å². The van der Waals surface area contributed by atoms with Crippen LogP contribution in [0.4, 0.5) is 0 Å². The van der Waals surface area contributed by atoms with Gasteiger partial charge < -0.3 is 4.42 Å². The molecule has 2 aromatic heterocycles. The van der Waals surface area contributed by atoms with E-state index in [9.17, 15) is 4.79 Å². The molecule has 7 heteroatoms. The van der Waals surface area contributed by atoms with Crippen molar-refractivity contribution in [2.45, 2.75) is 32.7 Å². The summed E-state index contributed by atoms with van der Waals surface area (Å²) in [5, 5.41) is 15.3. The van der Waals surface area contributed by atoms with Crippen molar-refractivity contribution in [2.75, 3.05) is 0 Å². The van der Waals surface area contributed by atoms with Gasteiger partial charge in [0.1, 0.15) is 12.2 Å². The van der Waals surface area contributed by atoms with Gasteiger partial charge in [0.2, 0.25) is 11.8 Å². The molecule has 0 saturated carbocycles. The van der Waals surface area contributed by atoms with Gasteiger partial charge in [-0.25, -0.2) is 4.68 Å². The van der Waals surface area contributed by atoms with E-state index >= 15 is 0 Å². The lowest BCUT2D eigenvalue weighted by molar-refractivity contribution is 0.111. The van der Waals surface area contributed by atoms with Crippen molar-refractivity contribution in [3.63, 3.8) is 0 Å². The lowest BCUT2D eigenvalue weighted by atomic mass is 9.97. The number of hydrogen-bond acceptors (Lipinski definition) is 6. The predicted molar refractivity (Wildman–Crippen MR) is 57.5 cm³/mol. The third kappa shape index (κ3) is 2.55. The first-order chi connectivity index (χ1) is 7.99. The summed E-state index contributed by atoms with van der Waals surface area (Å²) in [6.45, 7) is 6.28. The highest BCUT2D eigenvalue weighted by Gasteiger charge is 2.21. The van der Waals surface area contributed by atoms with Crippen LogP contribution in [0.25, 0.3) is 0 Å². The van der Waals surface area contributed by atoms with Crippen LogP contribution in [0.2, 0.25) is 0 Å². The van der Waals surface area contributed by atoms with Crippen molar-refractivity contribution >= 4 is 6.29 Å². The molecule has 0 aromatic carbocycles. The van der Waals surface area contributed by atoms with E-state index in [0.29, 0.717) is 24.6 Å². The van der Waals surface area contributed by atoms with Gasteiger partial charge in [-0.2, -0.15) is 0 Å². The van der Waals surface area contributed by atoms with Crippen LogP contribution in [0.3, 0.4) is 0 Å². The van der Waals surface area contributed by atoms with E-state index in [1.165, 1.54) is 10.9 Å². The first kappa shape index (κ1) is 11.4. The molecule has 0 spiro atoms. The van der Waals surface area contributed by atoms with Crippen LogP contribution >= 0.6 is 0 Å². The fourth-order valence-corrected chi connectivity index (χ4v) is 1.20. The average Bonchev–Trinajstić information content (AvgIpc) is 2.86. The molecule has 0 bridgehead atoms. The maximum absolute atomic E-state index is 10.4. The highest BCUT2D eigenvalue weighted by atomic mass is 16.4.